The fraction of sp³-hybridized carbons (Fsp3) is 0.217. The lowest BCUT2D eigenvalue weighted by atomic mass is 10.1. The molecule has 1 amide bonds. The summed E-state index contributed by atoms with van der Waals surface area (Å²) in [5, 5.41) is 0. The summed E-state index contributed by atoms with van der Waals surface area (Å²) >= 11 is 0. The maximum Gasteiger partial charge on any atom is 0.258 e. The number of anilines is 1. The molecule has 0 unspecified atom stereocenters. The molecule has 0 saturated carbocycles. The normalized spacial score (nSPS) is 11.5. The number of nitrogens with zero attached hydrogens (tertiary/aromatic N) is 3. The molecule has 1 heterocycles. The number of halogens is 2. The number of carbonyl (C=O) groups excluding carboxylic acids is 1. The topological polar surface area (TPSA) is 70.6 Å². The third-order valence-electron chi connectivity index (χ3n) is 4.93. The molecular formula is C23H23F2N3O3S. The van der Waals surface area contributed by atoms with Crippen molar-refractivity contribution in [1.82, 2.24) is 9.29 Å². The molecular weight excluding hydrogens is 436 g/mol. The van der Waals surface area contributed by atoms with E-state index in [2.05, 4.69) is 4.98 Å². The van der Waals surface area contributed by atoms with Crippen LogP contribution in [-0.2, 0) is 16.6 Å². The van der Waals surface area contributed by atoms with Crippen LogP contribution in [0.5, 0.6) is 0 Å². The van der Waals surface area contributed by atoms with Crippen molar-refractivity contribution in [2.75, 3.05) is 18.0 Å². The predicted molar refractivity (Wildman–Crippen MR) is 118 cm³/mol. The SMILES string of the molecule is CCN(CC)S(=O)(=O)c1cc(C(=O)N(Cc2ccccn2)c2ccc(F)cc2)ccc1F. The van der Waals surface area contributed by atoms with Gasteiger partial charge in [-0.25, -0.2) is 17.2 Å². The molecule has 0 atom stereocenters. The summed E-state index contributed by atoms with van der Waals surface area (Å²) < 4.78 is 54.8. The van der Waals surface area contributed by atoms with Crippen molar-refractivity contribution in [3.8, 4) is 0 Å². The summed E-state index contributed by atoms with van der Waals surface area (Å²) in [5.74, 6) is -1.97. The van der Waals surface area contributed by atoms with Crippen molar-refractivity contribution in [3.05, 3.63) is 89.8 Å². The number of benzene rings is 2. The predicted octanol–water partition coefficient (Wildman–Crippen LogP) is 4.24. The molecule has 0 bridgehead atoms. The molecule has 32 heavy (non-hydrogen) atoms. The molecule has 0 spiro atoms. The van der Waals surface area contributed by atoms with Crippen LogP contribution in [0.25, 0.3) is 0 Å². The highest BCUT2D eigenvalue weighted by Gasteiger charge is 2.28. The van der Waals surface area contributed by atoms with Gasteiger partial charge in [0.25, 0.3) is 5.91 Å². The minimum Gasteiger partial charge on any atom is -0.302 e. The second-order valence-electron chi connectivity index (χ2n) is 6.92. The van der Waals surface area contributed by atoms with Crippen molar-refractivity contribution >= 4 is 21.6 Å². The van der Waals surface area contributed by atoms with E-state index in [0.29, 0.717) is 11.4 Å². The third kappa shape index (κ3) is 5.00. The van der Waals surface area contributed by atoms with Gasteiger partial charge in [0.2, 0.25) is 10.0 Å². The van der Waals surface area contributed by atoms with Crippen LogP contribution >= 0.6 is 0 Å². The maximum absolute atomic E-state index is 14.5. The van der Waals surface area contributed by atoms with E-state index in [0.717, 1.165) is 16.4 Å². The van der Waals surface area contributed by atoms with Gasteiger partial charge in [-0.15, -0.1) is 0 Å². The molecule has 2 aromatic carbocycles. The highest BCUT2D eigenvalue weighted by atomic mass is 32.2. The smallest absolute Gasteiger partial charge is 0.258 e. The Kier molecular flexibility index (Phi) is 7.32. The molecule has 0 fully saturated rings. The standard InChI is InChI=1S/C23H23F2N3O3S/c1-3-27(4-2)32(30,31)22-15-17(8-13-21(22)25)23(29)28(16-19-7-5-6-14-26-19)20-11-9-18(24)10-12-20/h5-15H,3-4,16H2,1-2H3. The minimum atomic E-state index is -4.12. The Hall–Kier alpha value is -3.17. The first-order valence-electron chi connectivity index (χ1n) is 10.0. The molecule has 168 valence electrons. The van der Waals surface area contributed by atoms with Crippen molar-refractivity contribution in [3.63, 3.8) is 0 Å². The summed E-state index contributed by atoms with van der Waals surface area (Å²) in [6, 6.07) is 13.8. The van der Waals surface area contributed by atoms with Crippen LogP contribution in [0.15, 0.2) is 71.8 Å². The first-order chi connectivity index (χ1) is 15.3. The van der Waals surface area contributed by atoms with E-state index < -0.39 is 32.5 Å². The molecule has 0 saturated heterocycles. The summed E-state index contributed by atoms with van der Waals surface area (Å²) in [5.41, 5.74) is 0.945. The first-order valence-corrected chi connectivity index (χ1v) is 11.5. The van der Waals surface area contributed by atoms with E-state index in [1.165, 1.54) is 35.2 Å². The van der Waals surface area contributed by atoms with E-state index in [1.54, 1.807) is 38.2 Å². The Labute approximate surface area is 186 Å². The average molecular weight is 460 g/mol. The quantitative estimate of drug-likeness (QED) is 0.505. The van der Waals surface area contributed by atoms with Crippen LogP contribution < -0.4 is 4.90 Å². The zero-order chi connectivity index (χ0) is 23.3. The lowest BCUT2D eigenvalue weighted by Crippen LogP contribution is -2.33. The highest BCUT2D eigenvalue weighted by molar-refractivity contribution is 7.89. The third-order valence-corrected chi connectivity index (χ3v) is 7.00. The largest absolute Gasteiger partial charge is 0.302 e. The highest BCUT2D eigenvalue weighted by Crippen LogP contribution is 2.24. The Morgan fingerprint density at radius 1 is 0.969 bits per heavy atom. The maximum atomic E-state index is 14.5. The van der Waals surface area contributed by atoms with Crippen LogP contribution in [-0.4, -0.2) is 36.7 Å². The molecule has 1 aromatic heterocycles. The number of aromatic nitrogens is 1. The number of rotatable bonds is 8. The van der Waals surface area contributed by atoms with Gasteiger partial charge in [0.1, 0.15) is 16.5 Å². The fourth-order valence-corrected chi connectivity index (χ4v) is 4.80. The van der Waals surface area contributed by atoms with Crippen molar-refractivity contribution in [1.29, 1.82) is 0 Å². The summed E-state index contributed by atoms with van der Waals surface area (Å²) in [4.78, 5) is 18.4. The van der Waals surface area contributed by atoms with Gasteiger partial charge in [-0.2, -0.15) is 4.31 Å². The lowest BCUT2D eigenvalue weighted by Gasteiger charge is -2.24. The van der Waals surface area contributed by atoms with Crippen LogP contribution in [0.4, 0.5) is 14.5 Å². The fourth-order valence-electron chi connectivity index (χ4n) is 3.25. The number of amides is 1. The molecule has 0 radical (unpaired) electrons. The zero-order valence-electron chi connectivity index (χ0n) is 17.7. The summed E-state index contributed by atoms with van der Waals surface area (Å²) in [6.07, 6.45) is 1.58. The molecule has 6 nitrogen and oxygen atoms in total. The van der Waals surface area contributed by atoms with Gasteiger partial charge in [0, 0.05) is 30.5 Å². The summed E-state index contributed by atoms with van der Waals surface area (Å²) in [7, 11) is -4.12. The Morgan fingerprint density at radius 2 is 1.66 bits per heavy atom. The van der Waals surface area contributed by atoms with Gasteiger partial charge in [-0.1, -0.05) is 19.9 Å². The van der Waals surface area contributed by atoms with Gasteiger partial charge in [-0.3, -0.25) is 9.78 Å². The second kappa shape index (κ2) is 9.97. The lowest BCUT2D eigenvalue weighted by molar-refractivity contribution is 0.0984. The molecule has 0 aliphatic carbocycles. The molecule has 0 N–H and O–H groups in total. The van der Waals surface area contributed by atoms with Gasteiger partial charge >= 0.3 is 0 Å². The van der Waals surface area contributed by atoms with Gasteiger partial charge in [0.05, 0.1) is 12.2 Å². The minimum absolute atomic E-state index is 0.0163. The number of sulfonamides is 1. The molecule has 3 aromatic rings. The number of pyridine rings is 1. The van der Waals surface area contributed by atoms with Crippen LogP contribution in [0.3, 0.4) is 0 Å². The van der Waals surface area contributed by atoms with E-state index in [-0.39, 0.29) is 25.2 Å². The van der Waals surface area contributed by atoms with Gasteiger partial charge in [0.15, 0.2) is 0 Å². The molecule has 3 rings (SSSR count). The van der Waals surface area contributed by atoms with Crippen molar-refractivity contribution < 1.29 is 22.0 Å². The molecule has 9 heteroatoms. The van der Waals surface area contributed by atoms with E-state index >= 15 is 0 Å². The molecule has 0 aliphatic rings. The van der Waals surface area contributed by atoms with Crippen LogP contribution in [0.2, 0.25) is 0 Å². The Balaban J connectivity index is 2.05. The van der Waals surface area contributed by atoms with Crippen molar-refractivity contribution in [2.24, 2.45) is 0 Å². The van der Waals surface area contributed by atoms with Gasteiger partial charge < -0.3 is 4.90 Å². The van der Waals surface area contributed by atoms with Gasteiger partial charge in [-0.05, 0) is 54.6 Å². The zero-order valence-corrected chi connectivity index (χ0v) is 18.5. The van der Waals surface area contributed by atoms with Crippen LogP contribution in [0.1, 0.15) is 29.9 Å². The number of carbonyl (C=O) groups is 1. The average Bonchev–Trinajstić information content (AvgIpc) is 2.79. The Bertz CT molecular complexity index is 1180. The first kappa shape index (κ1) is 23.5. The number of hydrogen-bond acceptors (Lipinski definition) is 4. The number of hydrogen-bond donors (Lipinski definition) is 0. The Morgan fingerprint density at radius 3 is 2.25 bits per heavy atom. The summed E-state index contributed by atoms with van der Waals surface area (Å²) in [6.45, 7) is 3.69. The van der Waals surface area contributed by atoms with Crippen LogP contribution in [0, 0.1) is 11.6 Å². The van der Waals surface area contributed by atoms with E-state index in [9.17, 15) is 22.0 Å². The van der Waals surface area contributed by atoms with E-state index in [4.69, 9.17) is 0 Å². The molecule has 0 aliphatic heterocycles. The second-order valence-corrected chi connectivity index (χ2v) is 8.83. The van der Waals surface area contributed by atoms with Crippen molar-refractivity contribution in [2.45, 2.75) is 25.3 Å². The monoisotopic (exact) mass is 459 g/mol. The van der Waals surface area contributed by atoms with E-state index in [1.807, 2.05) is 0 Å².